The minimum absolute atomic E-state index is 0.121. The van der Waals surface area contributed by atoms with E-state index in [0.717, 1.165) is 23.3 Å². The lowest BCUT2D eigenvalue weighted by Gasteiger charge is -2.09. The molecular formula is C22H24O4. The third kappa shape index (κ3) is 5.52. The van der Waals surface area contributed by atoms with Gasteiger partial charge >= 0.3 is 0 Å². The van der Waals surface area contributed by atoms with E-state index in [-0.39, 0.29) is 5.78 Å². The highest BCUT2D eigenvalue weighted by atomic mass is 16.5. The molecule has 0 spiro atoms. The van der Waals surface area contributed by atoms with E-state index in [1.807, 2.05) is 42.5 Å². The summed E-state index contributed by atoms with van der Waals surface area (Å²) in [6.07, 6.45) is 7.47. The van der Waals surface area contributed by atoms with Crippen molar-refractivity contribution in [1.29, 1.82) is 0 Å². The van der Waals surface area contributed by atoms with Gasteiger partial charge in [-0.3, -0.25) is 4.79 Å². The van der Waals surface area contributed by atoms with Crippen LogP contribution in [-0.2, 0) is 4.79 Å². The zero-order valence-corrected chi connectivity index (χ0v) is 15.4. The van der Waals surface area contributed by atoms with Crippen LogP contribution in [0.15, 0.2) is 54.6 Å². The molecule has 2 aromatic carbocycles. The van der Waals surface area contributed by atoms with Crippen LogP contribution in [0.2, 0.25) is 0 Å². The van der Waals surface area contributed by atoms with Gasteiger partial charge in [0.25, 0.3) is 0 Å². The lowest BCUT2D eigenvalue weighted by Crippen LogP contribution is -1.94. The van der Waals surface area contributed by atoms with Gasteiger partial charge in [-0.1, -0.05) is 31.2 Å². The molecule has 0 N–H and O–H groups in total. The molecule has 0 heterocycles. The molecule has 0 atom stereocenters. The summed E-state index contributed by atoms with van der Waals surface area (Å²) >= 11 is 0. The Kier molecular flexibility index (Phi) is 7.49. The standard InChI is InChI=1S/C22H24O4/c1-4-16-26-19-13-9-17(10-14-19)8-11-18(23)12-15-20-21(24-2)6-5-7-22(20)25-3/h5-15H,4,16H2,1-3H3/b11-8+,15-12+. The second-order valence-electron chi connectivity index (χ2n) is 5.56. The maximum atomic E-state index is 12.1. The van der Waals surface area contributed by atoms with Crippen LogP contribution in [0.3, 0.4) is 0 Å². The largest absolute Gasteiger partial charge is 0.496 e. The average molecular weight is 352 g/mol. The lowest BCUT2D eigenvalue weighted by atomic mass is 10.1. The molecule has 0 aromatic heterocycles. The van der Waals surface area contributed by atoms with E-state index in [1.165, 1.54) is 12.2 Å². The number of hydrogen-bond acceptors (Lipinski definition) is 4. The van der Waals surface area contributed by atoms with Crippen molar-refractivity contribution in [1.82, 2.24) is 0 Å². The molecule has 2 aromatic rings. The summed E-state index contributed by atoms with van der Waals surface area (Å²) in [4.78, 5) is 12.1. The van der Waals surface area contributed by atoms with E-state index in [0.29, 0.717) is 18.1 Å². The van der Waals surface area contributed by atoms with Gasteiger partial charge in [0.2, 0.25) is 0 Å². The van der Waals surface area contributed by atoms with Crippen LogP contribution in [0.25, 0.3) is 12.2 Å². The second kappa shape index (κ2) is 10.1. The Bertz CT molecular complexity index is 751. The van der Waals surface area contributed by atoms with Crippen molar-refractivity contribution in [2.75, 3.05) is 20.8 Å². The number of ketones is 1. The molecule has 0 saturated carbocycles. The molecule has 0 bridgehead atoms. The Labute approximate surface area is 154 Å². The summed E-state index contributed by atoms with van der Waals surface area (Å²) in [6, 6.07) is 13.1. The van der Waals surface area contributed by atoms with Crippen molar-refractivity contribution in [3.8, 4) is 17.2 Å². The van der Waals surface area contributed by atoms with Gasteiger partial charge in [0, 0.05) is 0 Å². The quantitative estimate of drug-likeness (QED) is 0.609. The molecule has 0 radical (unpaired) electrons. The highest BCUT2D eigenvalue weighted by molar-refractivity contribution is 6.04. The van der Waals surface area contributed by atoms with E-state index in [2.05, 4.69) is 6.92 Å². The first-order chi connectivity index (χ1) is 12.7. The smallest absolute Gasteiger partial charge is 0.178 e. The maximum absolute atomic E-state index is 12.1. The first-order valence-electron chi connectivity index (χ1n) is 8.52. The molecule has 0 aliphatic heterocycles. The zero-order chi connectivity index (χ0) is 18.8. The highest BCUT2D eigenvalue weighted by Gasteiger charge is 2.06. The molecule has 4 heteroatoms. The Balaban J connectivity index is 2.04. The number of allylic oxidation sites excluding steroid dienone is 2. The summed E-state index contributed by atoms with van der Waals surface area (Å²) in [6.45, 7) is 2.77. The first kappa shape index (κ1) is 19.3. The number of methoxy groups -OCH3 is 2. The van der Waals surface area contributed by atoms with Crippen LogP contribution in [0.4, 0.5) is 0 Å². The molecular weight excluding hydrogens is 328 g/mol. The van der Waals surface area contributed by atoms with Gasteiger partial charge in [0.15, 0.2) is 5.78 Å². The molecule has 0 aliphatic rings. The Morgan fingerprint density at radius 2 is 1.54 bits per heavy atom. The van der Waals surface area contributed by atoms with Gasteiger partial charge in [0.1, 0.15) is 17.2 Å². The first-order valence-corrected chi connectivity index (χ1v) is 8.52. The topological polar surface area (TPSA) is 44.8 Å². The lowest BCUT2D eigenvalue weighted by molar-refractivity contribution is -0.110. The average Bonchev–Trinajstić information content (AvgIpc) is 2.69. The van der Waals surface area contributed by atoms with Crippen molar-refractivity contribution >= 4 is 17.9 Å². The zero-order valence-electron chi connectivity index (χ0n) is 15.4. The van der Waals surface area contributed by atoms with Gasteiger partial charge in [-0.05, 0) is 54.5 Å². The van der Waals surface area contributed by atoms with Crippen molar-refractivity contribution in [3.63, 3.8) is 0 Å². The van der Waals surface area contributed by atoms with Gasteiger partial charge in [0.05, 0.1) is 26.4 Å². The van der Waals surface area contributed by atoms with E-state index in [4.69, 9.17) is 14.2 Å². The number of hydrogen-bond donors (Lipinski definition) is 0. The van der Waals surface area contributed by atoms with Crippen molar-refractivity contribution < 1.29 is 19.0 Å². The minimum Gasteiger partial charge on any atom is -0.496 e. The summed E-state index contributed by atoms with van der Waals surface area (Å²) in [5.74, 6) is 2.02. The predicted octanol–water partition coefficient (Wildman–Crippen LogP) is 4.79. The number of benzene rings is 2. The highest BCUT2D eigenvalue weighted by Crippen LogP contribution is 2.29. The second-order valence-corrected chi connectivity index (χ2v) is 5.56. The van der Waals surface area contributed by atoms with Gasteiger partial charge < -0.3 is 14.2 Å². The Morgan fingerprint density at radius 3 is 2.12 bits per heavy atom. The molecule has 2 rings (SSSR count). The van der Waals surface area contributed by atoms with Crippen LogP contribution in [0.1, 0.15) is 24.5 Å². The fourth-order valence-corrected chi connectivity index (χ4v) is 2.34. The maximum Gasteiger partial charge on any atom is 0.178 e. The Hall–Kier alpha value is -3.01. The van der Waals surface area contributed by atoms with E-state index >= 15 is 0 Å². The van der Waals surface area contributed by atoms with Crippen LogP contribution in [0.5, 0.6) is 17.2 Å². The summed E-state index contributed by atoms with van der Waals surface area (Å²) in [5.41, 5.74) is 1.67. The van der Waals surface area contributed by atoms with Gasteiger partial charge in [-0.15, -0.1) is 0 Å². The fraction of sp³-hybridized carbons (Fsp3) is 0.227. The molecule has 0 unspecified atom stereocenters. The normalized spacial score (nSPS) is 11.0. The van der Waals surface area contributed by atoms with Crippen LogP contribution < -0.4 is 14.2 Å². The third-order valence-corrected chi connectivity index (χ3v) is 3.67. The third-order valence-electron chi connectivity index (χ3n) is 3.67. The van der Waals surface area contributed by atoms with Crippen molar-refractivity contribution in [2.24, 2.45) is 0 Å². The molecule has 26 heavy (non-hydrogen) atoms. The summed E-state index contributed by atoms with van der Waals surface area (Å²) < 4.78 is 16.2. The molecule has 0 saturated heterocycles. The number of ether oxygens (including phenoxy) is 3. The number of carbonyl (C=O) groups excluding carboxylic acids is 1. The molecule has 136 valence electrons. The molecule has 4 nitrogen and oxygen atoms in total. The minimum atomic E-state index is -0.121. The van der Waals surface area contributed by atoms with E-state index < -0.39 is 0 Å². The van der Waals surface area contributed by atoms with E-state index in [1.54, 1.807) is 26.4 Å². The van der Waals surface area contributed by atoms with Crippen LogP contribution in [0, 0.1) is 0 Å². The number of carbonyl (C=O) groups is 1. The van der Waals surface area contributed by atoms with Crippen molar-refractivity contribution in [2.45, 2.75) is 13.3 Å². The summed E-state index contributed by atoms with van der Waals surface area (Å²) in [7, 11) is 3.17. The van der Waals surface area contributed by atoms with Gasteiger partial charge in [-0.2, -0.15) is 0 Å². The summed E-state index contributed by atoms with van der Waals surface area (Å²) in [5, 5.41) is 0. The SMILES string of the molecule is CCCOc1ccc(/C=C/C(=O)/C=C/c2c(OC)cccc2OC)cc1. The fourth-order valence-electron chi connectivity index (χ4n) is 2.34. The van der Waals surface area contributed by atoms with Crippen LogP contribution >= 0.6 is 0 Å². The molecule has 0 amide bonds. The monoisotopic (exact) mass is 352 g/mol. The number of rotatable bonds is 9. The van der Waals surface area contributed by atoms with Crippen LogP contribution in [-0.4, -0.2) is 26.6 Å². The van der Waals surface area contributed by atoms with E-state index in [9.17, 15) is 4.79 Å². The van der Waals surface area contributed by atoms with Crippen molar-refractivity contribution in [3.05, 3.63) is 65.7 Å². The predicted molar refractivity (Wildman–Crippen MR) is 105 cm³/mol. The Morgan fingerprint density at radius 1 is 0.923 bits per heavy atom. The molecule has 0 fully saturated rings. The molecule has 0 aliphatic carbocycles. The van der Waals surface area contributed by atoms with Gasteiger partial charge in [-0.25, -0.2) is 0 Å².